The second-order valence-corrected chi connectivity index (χ2v) is 6.73. The predicted octanol–water partition coefficient (Wildman–Crippen LogP) is 4.69. The van der Waals surface area contributed by atoms with Crippen LogP contribution in [0, 0.1) is 0 Å². The van der Waals surface area contributed by atoms with Crippen LogP contribution in [0.4, 0.5) is 24.5 Å². The predicted molar refractivity (Wildman–Crippen MR) is 113 cm³/mol. The van der Waals surface area contributed by atoms with Crippen LogP contribution in [0.1, 0.15) is 21.5 Å². The van der Waals surface area contributed by atoms with Gasteiger partial charge in [0, 0.05) is 23.5 Å². The second kappa shape index (κ2) is 9.80. The number of hydrogen-bond acceptors (Lipinski definition) is 3. The zero-order valence-electron chi connectivity index (χ0n) is 16.4. The molecule has 0 spiro atoms. The number of carbonyl (C=O) groups excluding carboxylic acids is 2. The van der Waals surface area contributed by atoms with E-state index in [1.165, 1.54) is 18.2 Å². The Morgan fingerprint density at radius 3 is 2.26 bits per heavy atom. The van der Waals surface area contributed by atoms with Crippen molar-refractivity contribution in [3.63, 3.8) is 0 Å². The van der Waals surface area contributed by atoms with E-state index in [0.29, 0.717) is 17.8 Å². The summed E-state index contributed by atoms with van der Waals surface area (Å²) in [7, 11) is 0. The van der Waals surface area contributed by atoms with E-state index < -0.39 is 17.6 Å². The van der Waals surface area contributed by atoms with Crippen LogP contribution in [-0.4, -0.2) is 18.4 Å². The summed E-state index contributed by atoms with van der Waals surface area (Å²) in [6.07, 6.45) is -4.46. The average molecular weight is 427 g/mol. The first-order valence-electron chi connectivity index (χ1n) is 9.44. The molecule has 0 aliphatic carbocycles. The van der Waals surface area contributed by atoms with E-state index in [4.69, 9.17) is 0 Å². The highest BCUT2D eigenvalue weighted by atomic mass is 19.4. The lowest BCUT2D eigenvalue weighted by molar-refractivity contribution is -0.137. The van der Waals surface area contributed by atoms with Crippen molar-refractivity contribution >= 4 is 23.2 Å². The molecule has 0 saturated carbocycles. The van der Waals surface area contributed by atoms with Gasteiger partial charge in [-0.25, -0.2) is 0 Å². The maximum absolute atomic E-state index is 12.8. The van der Waals surface area contributed by atoms with Gasteiger partial charge in [0.05, 0.1) is 12.1 Å². The summed E-state index contributed by atoms with van der Waals surface area (Å²) in [5.41, 5.74) is 1.12. The molecule has 0 unspecified atom stereocenters. The Kier molecular flexibility index (Phi) is 6.92. The first kappa shape index (κ1) is 21.9. The van der Waals surface area contributed by atoms with E-state index in [9.17, 15) is 22.8 Å². The van der Waals surface area contributed by atoms with Crippen LogP contribution < -0.4 is 16.0 Å². The Morgan fingerprint density at radius 1 is 0.806 bits per heavy atom. The molecule has 3 N–H and O–H groups in total. The van der Waals surface area contributed by atoms with Gasteiger partial charge in [-0.2, -0.15) is 13.2 Å². The Morgan fingerprint density at radius 2 is 1.52 bits per heavy atom. The molecule has 0 saturated heterocycles. The standard InChI is InChI=1S/C23H20F3N3O2/c24-23(25,26)18-9-5-10-19(13-18)27-15-21(30)29-20-11-4-8-17(12-20)22(31)28-14-16-6-2-1-3-7-16/h1-13,27H,14-15H2,(H,28,31)(H,29,30). The molecule has 3 aromatic rings. The number of benzene rings is 3. The lowest BCUT2D eigenvalue weighted by Gasteiger charge is -2.11. The Bertz CT molecular complexity index is 1050. The molecule has 3 aromatic carbocycles. The quantitative estimate of drug-likeness (QED) is 0.513. The molecule has 0 heterocycles. The first-order valence-corrected chi connectivity index (χ1v) is 9.44. The van der Waals surface area contributed by atoms with Gasteiger partial charge in [0.15, 0.2) is 0 Å². The zero-order chi connectivity index (χ0) is 22.3. The highest BCUT2D eigenvalue weighted by Gasteiger charge is 2.30. The number of rotatable bonds is 7. The minimum absolute atomic E-state index is 0.180. The smallest absolute Gasteiger partial charge is 0.376 e. The van der Waals surface area contributed by atoms with Gasteiger partial charge in [0.25, 0.3) is 5.91 Å². The third-order valence-corrected chi connectivity index (χ3v) is 4.35. The molecule has 2 amide bonds. The third-order valence-electron chi connectivity index (χ3n) is 4.35. The van der Waals surface area contributed by atoms with E-state index in [0.717, 1.165) is 17.7 Å². The van der Waals surface area contributed by atoms with E-state index in [-0.39, 0.29) is 18.1 Å². The molecular weight excluding hydrogens is 407 g/mol. The fourth-order valence-electron chi connectivity index (χ4n) is 2.81. The van der Waals surface area contributed by atoms with Gasteiger partial charge in [0.1, 0.15) is 0 Å². The number of amides is 2. The minimum Gasteiger partial charge on any atom is -0.376 e. The van der Waals surface area contributed by atoms with Gasteiger partial charge in [-0.15, -0.1) is 0 Å². The molecule has 5 nitrogen and oxygen atoms in total. The summed E-state index contributed by atoms with van der Waals surface area (Å²) in [6, 6.07) is 20.5. The molecule has 3 rings (SSSR count). The highest BCUT2D eigenvalue weighted by Crippen LogP contribution is 2.30. The summed E-state index contributed by atoms with van der Waals surface area (Å²) < 4.78 is 38.3. The normalized spacial score (nSPS) is 10.9. The summed E-state index contributed by atoms with van der Waals surface area (Å²) in [6.45, 7) is 0.142. The van der Waals surface area contributed by atoms with Crippen molar-refractivity contribution in [2.75, 3.05) is 17.2 Å². The van der Waals surface area contributed by atoms with Gasteiger partial charge >= 0.3 is 6.18 Å². The number of halogens is 3. The van der Waals surface area contributed by atoms with Crippen molar-refractivity contribution in [3.05, 3.63) is 95.6 Å². The number of alkyl halides is 3. The molecule has 160 valence electrons. The van der Waals surface area contributed by atoms with Crippen molar-refractivity contribution in [2.24, 2.45) is 0 Å². The summed E-state index contributed by atoms with van der Waals surface area (Å²) in [5.74, 6) is -0.749. The van der Waals surface area contributed by atoms with Crippen molar-refractivity contribution < 1.29 is 22.8 Å². The SMILES string of the molecule is O=C(CNc1cccc(C(F)(F)F)c1)Nc1cccc(C(=O)NCc2ccccc2)c1. The topological polar surface area (TPSA) is 70.2 Å². The summed E-state index contributed by atoms with van der Waals surface area (Å²) >= 11 is 0. The van der Waals surface area contributed by atoms with Crippen molar-refractivity contribution in [1.29, 1.82) is 0 Å². The highest BCUT2D eigenvalue weighted by molar-refractivity contribution is 5.98. The minimum atomic E-state index is -4.46. The van der Waals surface area contributed by atoms with Crippen LogP contribution in [-0.2, 0) is 17.5 Å². The molecule has 31 heavy (non-hydrogen) atoms. The molecular formula is C23H20F3N3O2. The lowest BCUT2D eigenvalue weighted by atomic mass is 10.1. The largest absolute Gasteiger partial charge is 0.416 e. The number of anilines is 2. The lowest BCUT2D eigenvalue weighted by Crippen LogP contribution is -2.24. The average Bonchev–Trinajstić information content (AvgIpc) is 2.76. The van der Waals surface area contributed by atoms with Crippen LogP contribution in [0.2, 0.25) is 0 Å². The molecule has 0 aliphatic rings. The maximum Gasteiger partial charge on any atom is 0.416 e. The van der Waals surface area contributed by atoms with Crippen LogP contribution >= 0.6 is 0 Å². The molecule has 0 bridgehead atoms. The number of carbonyl (C=O) groups is 2. The number of hydrogen-bond donors (Lipinski definition) is 3. The zero-order valence-corrected chi connectivity index (χ0v) is 16.4. The van der Waals surface area contributed by atoms with Crippen LogP contribution in [0.3, 0.4) is 0 Å². The van der Waals surface area contributed by atoms with E-state index in [1.54, 1.807) is 18.2 Å². The molecule has 0 aliphatic heterocycles. The monoisotopic (exact) mass is 427 g/mol. The van der Waals surface area contributed by atoms with E-state index >= 15 is 0 Å². The maximum atomic E-state index is 12.8. The molecule has 0 atom stereocenters. The van der Waals surface area contributed by atoms with Crippen molar-refractivity contribution in [2.45, 2.75) is 12.7 Å². The second-order valence-electron chi connectivity index (χ2n) is 6.73. The van der Waals surface area contributed by atoms with Crippen LogP contribution in [0.25, 0.3) is 0 Å². The fourth-order valence-corrected chi connectivity index (χ4v) is 2.81. The van der Waals surface area contributed by atoms with Crippen molar-refractivity contribution in [3.8, 4) is 0 Å². The van der Waals surface area contributed by atoms with Crippen molar-refractivity contribution in [1.82, 2.24) is 5.32 Å². The van der Waals surface area contributed by atoms with Crippen LogP contribution in [0.5, 0.6) is 0 Å². The molecule has 0 fully saturated rings. The number of nitrogens with one attached hydrogen (secondary N) is 3. The van der Waals surface area contributed by atoms with Gasteiger partial charge in [-0.05, 0) is 42.0 Å². The fraction of sp³-hybridized carbons (Fsp3) is 0.130. The summed E-state index contributed by atoms with van der Waals surface area (Å²) in [5, 5.41) is 8.09. The molecule has 0 radical (unpaired) electrons. The van der Waals surface area contributed by atoms with Gasteiger partial charge in [-0.3, -0.25) is 9.59 Å². The van der Waals surface area contributed by atoms with E-state index in [1.807, 2.05) is 30.3 Å². The molecule has 0 aromatic heterocycles. The summed E-state index contributed by atoms with van der Waals surface area (Å²) in [4.78, 5) is 24.5. The third kappa shape index (κ3) is 6.60. The van der Waals surface area contributed by atoms with E-state index in [2.05, 4.69) is 16.0 Å². The molecule has 8 heteroatoms. The van der Waals surface area contributed by atoms with Gasteiger partial charge in [0.2, 0.25) is 5.91 Å². The first-order chi connectivity index (χ1) is 14.8. The van der Waals surface area contributed by atoms with Gasteiger partial charge in [-0.1, -0.05) is 42.5 Å². The Hall–Kier alpha value is -3.81. The Labute approximate surface area is 177 Å². The van der Waals surface area contributed by atoms with Crippen LogP contribution in [0.15, 0.2) is 78.9 Å². The Balaban J connectivity index is 1.54. The van der Waals surface area contributed by atoms with Gasteiger partial charge < -0.3 is 16.0 Å².